The Morgan fingerprint density at radius 3 is 2.77 bits per heavy atom. The molecule has 2 rings (SSSR count). The summed E-state index contributed by atoms with van der Waals surface area (Å²) in [6.45, 7) is 6.55. The second kappa shape index (κ2) is 8.34. The number of rotatable bonds is 6. The number of aliphatic imine (C=N–C) groups is 1. The molecule has 0 spiro atoms. The Labute approximate surface area is 155 Å². The first-order chi connectivity index (χ1) is 12.2. The molecule has 0 amide bonds. The lowest BCUT2D eigenvalue weighted by Crippen LogP contribution is -2.48. The predicted molar refractivity (Wildman–Crippen MR) is 101 cm³/mol. The van der Waals surface area contributed by atoms with Gasteiger partial charge in [-0.3, -0.25) is 4.99 Å². The topological polar surface area (TPSA) is 110 Å². The van der Waals surface area contributed by atoms with E-state index in [4.69, 9.17) is 4.74 Å². The summed E-state index contributed by atoms with van der Waals surface area (Å²) in [5.41, 5.74) is 0. The van der Waals surface area contributed by atoms with Crippen molar-refractivity contribution in [2.75, 3.05) is 26.5 Å². The molecular formula is C16H30N6O3S. The smallest absolute Gasteiger partial charge is 0.191 e. The van der Waals surface area contributed by atoms with Gasteiger partial charge in [-0.25, -0.2) is 18.1 Å². The van der Waals surface area contributed by atoms with Gasteiger partial charge in [-0.1, -0.05) is 0 Å². The fraction of sp³-hybridized carbons (Fsp3) is 0.812. The van der Waals surface area contributed by atoms with E-state index < -0.39 is 14.6 Å². The number of hydrogen-bond donors (Lipinski definition) is 2. The van der Waals surface area contributed by atoms with Gasteiger partial charge in [0.25, 0.3) is 0 Å². The molecule has 0 saturated carbocycles. The average molecular weight is 387 g/mol. The predicted octanol–water partition coefficient (Wildman–Crippen LogP) is 0.118. The second-order valence-corrected chi connectivity index (χ2v) is 10.2. The van der Waals surface area contributed by atoms with Crippen LogP contribution in [-0.2, 0) is 34.1 Å². The minimum absolute atomic E-state index is 0.0649. The van der Waals surface area contributed by atoms with E-state index in [-0.39, 0.29) is 11.8 Å². The van der Waals surface area contributed by atoms with Gasteiger partial charge in [0.1, 0.15) is 12.4 Å². The van der Waals surface area contributed by atoms with Crippen molar-refractivity contribution in [1.29, 1.82) is 0 Å². The van der Waals surface area contributed by atoms with Gasteiger partial charge in [0.05, 0.1) is 17.0 Å². The van der Waals surface area contributed by atoms with Crippen LogP contribution in [0.3, 0.4) is 0 Å². The lowest BCUT2D eigenvalue weighted by atomic mass is 10.1. The summed E-state index contributed by atoms with van der Waals surface area (Å²) in [5.74, 6) is 2.32. The van der Waals surface area contributed by atoms with Crippen molar-refractivity contribution in [3.63, 3.8) is 0 Å². The highest BCUT2D eigenvalue weighted by Gasteiger charge is 2.28. The lowest BCUT2D eigenvalue weighted by Gasteiger charge is -2.25. The van der Waals surface area contributed by atoms with Crippen LogP contribution in [0.1, 0.15) is 38.8 Å². The zero-order chi connectivity index (χ0) is 19.4. The zero-order valence-corrected chi connectivity index (χ0v) is 17.1. The van der Waals surface area contributed by atoms with Crippen molar-refractivity contribution in [2.24, 2.45) is 4.99 Å². The van der Waals surface area contributed by atoms with Gasteiger partial charge in [-0.05, 0) is 27.2 Å². The monoisotopic (exact) mass is 386 g/mol. The number of hydrogen-bond acceptors (Lipinski definition) is 6. The number of fused-ring (bicyclic) bond motifs is 1. The molecule has 148 valence electrons. The third-order valence-corrected chi connectivity index (χ3v) is 6.94. The number of guanidine groups is 1. The summed E-state index contributed by atoms with van der Waals surface area (Å²) >= 11 is 0. The largest absolute Gasteiger partial charge is 0.377 e. The highest BCUT2D eigenvalue weighted by molar-refractivity contribution is 7.92. The van der Waals surface area contributed by atoms with Crippen molar-refractivity contribution in [1.82, 2.24) is 25.4 Å². The Morgan fingerprint density at radius 1 is 1.42 bits per heavy atom. The first-order valence-electron chi connectivity index (χ1n) is 8.77. The van der Waals surface area contributed by atoms with E-state index in [0.717, 1.165) is 18.7 Å². The molecule has 0 bridgehead atoms. The fourth-order valence-electron chi connectivity index (χ4n) is 2.67. The molecule has 0 saturated heterocycles. The van der Waals surface area contributed by atoms with E-state index in [9.17, 15) is 8.42 Å². The Hall–Kier alpha value is -1.68. The number of aryl methyl sites for hydroxylation is 1. The van der Waals surface area contributed by atoms with Crippen molar-refractivity contribution >= 4 is 15.8 Å². The molecule has 1 atom stereocenters. The van der Waals surface area contributed by atoms with E-state index in [2.05, 4.69) is 25.7 Å². The molecule has 2 N–H and O–H groups in total. The normalized spacial score (nSPS) is 18.5. The van der Waals surface area contributed by atoms with Crippen LogP contribution in [0.4, 0.5) is 0 Å². The molecule has 1 aromatic rings. The highest BCUT2D eigenvalue weighted by atomic mass is 32.2. The SMILES string of the molecule is CN=C(NCCS(=O)(=O)C(C)(C)C)NC1CCc2nc(COC)nn2C1. The molecule has 0 fully saturated rings. The lowest BCUT2D eigenvalue weighted by molar-refractivity contribution is 0.177. The molecule has 1 unspecified atom stereocenters. The molecule has 10 heteroatoms. The second-order valence-electron chi connectivity index (χ2n) is 7.37. The van der Waals surface area contributed by atoms with Crippen LogP contribution in [0.5, 0.6) is 0 Å². The Bertz CT molecular complexity index is 736. The van der Waals surface area contributed by atoms with E-state index in [1.54, 1.807) is 34.9 Å². The van der Waals surface area contributed by atoms with Crippen molar-refractivity contribution in [3.05, 3.63) is 11.6 Å². The molecule has 0 radical (unpaired) electrons. The Balaban J connectivity index is 1.87. The van der Waals surface area contributed by atoms with E-state index in [1.807, 2.05) is 4.68 Å². The standard InChI is InChI=1S/C16H30N6O3S/c1-16(2,3)26(23,24)9-8-18-15(17-4)19-12-6-7-14-20-13(11-25-5)21-22(14)10-12/h12H,6-11H2,1-5H3,(H2,17,18,19). The van der Waals surface area contributed by atoms with E-state index in [0.29, 0.717) is 31.5 Å². The number of aromatic nitrogens is 3. The van der Waals surface area contributed by atoms with Crippen molar-refractivity contribution in [3.8, 4) is 0 Å². The van der Waals surface area contributed by atoms with Crippen LogP contribution in [0.25, 0.3) is 0 Å². The number of sulfone groups is 1. The van der Waals surface area contributed by atoms with Crippen molar-refractivity contribution in [2.45, 2.75) is 57.6 Å². The Morgan fingerprint density at radius 2 is 2.15 bits per heavy atom. The molecule has 0 aliphatic carbocycles. The minimum Gasteiger partial charge on any atom is -0.377 e. The molecule has 2 heterocycles. The van der Waals surface area contributed by atoms with Gasteiger partial charge in [0.15, 0.2) is 21.6 Å². The number of ether oxygens (including phenoxy) is 1. The quantitative estimate of drug-likeness (QED) is 0.528. The molecule has 1 aliphatic heterocycles. The first kappa shape index (κ1) is 20.6. The molecule has 1 aromatic heterocycles. The van der Waals surface area contributed by atoms with Gasteiger partial charge in [0, 0.05) is 33.2 Å². The first-order valence-corrected chi connectivity index (χ1v) is 10.4. The average Bonchev–Trinajstić information content (AvgIpc) is 2.94. The van der Waals surface area contributed by atoms with Gasteiger partial charge in [0.2, 0.25) is 0 Å². The van der Waals surface area contributed by atoms with Crippen LogP contribution < -0.4 is 10.6 Å². The summed E-state index contributed by atoms with van der Waals surface area (Å²) < 4.78 is 30.6. The van der Waals surface area contributed by atoms with E-state index >= 15 is 0 Å². The molecule has 0 aromatic carbocycles. The van der Waals surface area contributed by atoms with Gasteiger partial charge in [-0.2, -0.15) is 5.10 Å². The minimum atomic E-state index is -3.16. The summed E-state index contributed by atoms with van der Waals surface area (Å²) in [6, 6.07) is 0.157. The maximum Gasteiger partial charge on any atom is 0.191 e. The van der Waals surface area contributed by atoms with Crippen LogP contribution in [0.2, 0.25) is 0 Å². The van der Waals surface area contributed by atoms with Crippen LogP contribution in [0.15, 0.2) is 4.99 Å². The van der Waals surface area contributed by atoms with Crippen LogP contribution in [0, 0.1) is 0 Å². The summed E-state index contributed by atoms with van der Waals surface area (Å²) in [4.78, 5) is 8.65. The highest BCUT2D eigenvalue weighted by Crippen LogP contribution is 2.15. The summed E-state index contributed by atoms with van der Waals surface area (Å²) in [5, 5.41) is 10.9. The zero-order valence-electron chi connectivity index (χ0n) is 16.2. The molecule has 26 heavy (non-hydrogen) atoms. The number of methoxy groups -OCH3 is 1. The summed E-state index contributed by atoms with van der Waals surface area (Å²) in [6.07, 6.45) is 1.73. The van der Waals surface area contributed by atoms with Gasteiger partial charge in [-0.15, -0.1) is 0 Å². The van der Waals surface area contributed by atoms with E-state index in [1.165, 1.54) is 0 Å². The molecule has 9 nitrogen and oxygen atoms in total. The van der Waals surface area contributed by atoms with Gasteiger partial charge >= 0.3 is 0 Å². The summed E-state index contributed by atoms with van der Waals surface area (Å²) in [7, 11) is 0.143. The molecular weight excluding hydrogens is 356 g/mol. The Kier molecular flexibility index (Phi) is 6.62. The van der Waals surface area contributed by atoms with Crippen molar-refractivity contribution < 1.29 is 13.2 Å². The van der Waals surface area contributed by atoms with Gasteiger partial charge < -0.3 is 15.4 Å². The maximum atomic E-state index is 12.2. The molecule has 1 aliphatic rings. The van der Waals surface area contributed by atoms with Crippen LogP contribution >= 0.6 is 0 Å². The third kappa shape index (κ3) is 5.16. The fourth-order valence-corrected chi connectivity index (χ4v) is 3.65. The number of nitrogens with one attached hydrogen (secondary N) is 2. The third-order valence-electron chi connectivity index (χ3n) is 4.34. The maximum absolute atomic E-state index is 12.2. The van der Waals surface area contributed by atoms with Crippen LogP contribution in [-0.4, -0.2) is 66.4 Å². The number of nitrogens with zero attached hydrogens (tertiary/aromatic N) is 4.